The van der Waals surface area contributed by atoms with Gasteiger partial charge >= 0.3 is 18.0 Å². The maximum absolute atomic E-state index is 12.1. The molecule has 0 aromatic carbocycles. The Kier molecular flexibility index (Phi) is 10.7. The predicted octanol–water partition coefficient (Wildman–Crippen LogP) is 3.04. The fraction of sp³-hybridized carbons (Fsp3) is 0.824. The molecule has 25 heavy (non-hydrogen) atoms. The minimum Gasteiger partial charge on any atom is -0.468 e. The fourth-order valence-electron chi connectivity index (χ4n) is 2.52. The molecule has 0 saturated heterocycles. The average molecular weight is 424 g/mol. The van der Waals surface area contributed by atoms with Crippen LogP contribution in [0.3, 0.4) is 0 Å². The number of hydrogen-bond donors (Lipinski definition) is 1. The molecular weight excluding hydrogens is 394 g/mol. The summed E-state index contributed by atoms with van der Waals surface area (Å²) in [5.74, 6) is -2.59. The summed E-state index contributed by atoms with van der Waals surface area (Å²) in [6, 6.07) is -0.285. The first kappa shape index (κ1) is 23.7. The van der Waals surface area contributed by atoms with Crippen LogP contribution in [0.25, 0.3) is 0 Å². The van der Waals surface area contributed by atoms with Crippen molar-refractivity contribution in [3.8, 4) is 0 Å². The monoisotopic (exact) mass is 423 g/mol. The van der Waals surface area contributed by atoms with Gasteiger partial charge in [-0.05, 0) is 52.9 Å². The Hall–Kier alpha value is -1.31. The number of hydrogen-bond acceptors (Lipinski definition) is 6. The number of halogens is 1. The summed E-state index contributed by atoms with van der Waals surface area (Å²) >= 11 is 3.35. The Morgan fingerprint density at radius 3 is 2.00 bits per heavy atom. The molecular formula is C17H30BrNO6. The minimum absolute atomic E-state index is 0.285. The van der Waals surface area contributed by atoms with Gasteiger partial charge in [-0.15, -0.1) is 0 Å². The van der Waals surface area contributed by atoms with Gasteiger partial charge in [-0.2, -0.15) is 0 Å². The SMILES string of the molecule is COC(=O)C(C(=O)OC)C(CCCBr)CC(C)NC(=O)OC(C)(C)C. The number of carbonyl (C=O) groups is 3. The Balaban J connectivity index is 5.08. The minimum atomic E-state index is -1.02. The van der Waals surface area contributed by atoms with Crippen molar-refractivity contribution in [2.75, 3.05) is 19.5 Å². The van der Waals surface area contributed by atoms with Gasteiger partial charge in [0.1, 0.15) is 5.60 Å². The van der Waals surface area contributed by atoms with Crippen molar-refractivity contribution >= 4 is 34.0 Å². The molecule has 2 unspecified atom stereocenters. The van der Waals surface area contributed by atoms with Crippen LogP contribution in [0.1, 0.15) is 47.0 Å². The smallest absolute Gasteiger partial charge is 0.407 e. The van der Waals surface area contributed by atoms with Crippen LogP contribution in [0.2, 0.25) is 0 Å². The van der Waals surface area contributed by atoms with Gasteiger partial charge in [0.2, 0.25) is 0 Å². The molecule has 0 aliphatic rings. The molecule has 0 heterocycles. The molecule has 8 heteroatoms. The molecule has 2 atom stereocenters. The Labute approximate surface area is 158 Å². The molecule has 1 amide bonds. The number of alkyl carbamates (subject to hydrolysis) is 1. The van der Waals surface area contributed by atoms with Gasteiger partial charge in [-0.3, -0.25) is 9.59 Å². The van der Waals surface area contributed by atoms with Crippen molar-refractivity contribution in [3.63, 3.8) is 0 Å². The van der Waals surface area contributed by atoms with E-state index in [0.717, 1.165) is 11.8 Å². The van der Waals surface area contributed by atoms with Crippen LogP contribution in [0.5, 0.6) is 0 Å². The third kappa shape index (κ3) is 9.67. The molecule has 0 aromatic heterocycles. The van der Waals surface area contributed by atoms with Crippen molar-refractivity contribution in [1.82, 2.24) is 5.32 Å². The highest BCUT2D eigenvalue weighted by molar-refractivity contribution is 9.09. The first-order valence-electron chi connectivity index (χ1n) is 8.26. The molecule has 0 aliphatic carbocycles. The lowest BCUT2D eigenvalue weighted by atomic mass is 9.83. The molecule has 146 valence electrons. The lowest BCUT2D eigenvalue weighted by molar-refractivity contribution is -0.162. The summed E-state index contributed by atoms with van der Waals surface area (Å²) in [7, 11) is 2.48. The van der Waals surface area contributed by atoms with Crippen LogP contribution in [-0.4, -0.2) is 49.2 Å². The zero-order valence-electron chi connectivity index (χ0n) is 15.9. The van der Waals surface area contributed by atoms with E-state index in [0.29, 0.717) is 12.8 Å². The summed E-state index contributed by atoms with van der Waals surface area (Å²) in [4.78, 5) is 36.0. The first-order chi connectivity index (χ1) is 11.6. The fourth-order valence-corrected chi connectivity index (χ4v) is 2.84. The third-order valence-electron chi connectivity index (χ3n) is 3.51. The Bertz CT molecular complexity index is 433. The van der Waals surface area contributed by atoms with Crippen LogP contribution in [0.15, 0.2) is 0 Å². The van der Waals surface area contributed by atoms with Gasteiger partial charge in [-0.25, -0.2) is 4.79 Å². The second-order valence-corrected chi connectivity index (χ2v) is 7.69. The van der Waals surface area contributed by atoms with Crippen molar-refractivity contribution < 1.29 is 28.6 Å². The molecule has 0 radical (unpaired) electrons. The topological polar surface area (TPSA) is 90.9 Å². The van der Waals surface area contributed by atoms with Crippen LogP contribution in [0, 0.1) is 11.8 Å². The average Bonchev–Trinajstić information content (AvgIpc) is 2.49. The van der Waals surface area contributed by atoms with Gasteiger partial charge in [0.25, 0.3) is 0 Å². The second-order valence-electron chi connectivity index (χ2n) is 6.90. The van der Waals surface area contributed by atoms with Crippen molar-refractivity contribution in [1.29, 1.82) is 0 Å². The van der Waals surface area contributed by atoms with Crippen molar-refractivity contribution in [2.45, 2.75) is 58.6 Å². The van der Waals surface area contributed by atoms with Gasteiger partial charge in [-0.1, -0.05) is 15.9 Å². The molecule has 0 bridgehead atoms. The van der Waals surface area contributed by atoms with Gasteiger partial charge in [0, 0.05) is 11.4 Å². The van der Waals surface area contributed by atoms with E-state index in [2.05, 4.69) is 21.2 Å². The van der Waals surface area contributed by atoms with Gasteiger partial charge in [0.05, 0.1) is 14.2 Å². The van der Waals surface area contributed by atoms with E-state index in [-0.39, 0.29) is 12.0 Å². The number of amides is 1. The zero-order chi connectivity index (χ0) is 19.6. The van der Waals surface area contributed by atoms with E-state index in [1.54, 1.807) is 27.7 Å². The van der Waals surface area contributed by atoms with Crippen LogP contribution < -0.4 is 5.32 Å². The van der Waals surface area contributed by atoms with E-state index < -0.39 is 29.6 Å². The van der Waals surface area contributed by atoms with Crippen LogP contribution in [-0.2, 0) is 23.8 Å². The lowest BCUT2D eigenvalue weighted by Crippen LogP contribution is -2.41. The van der Waals surface area contributed by atoms with Gasteiger partial charge in [0.15, 0.2) is 5.92 Å². The molecule has 0 saturated carbocycles. The van der Waals surface area contributed by atoms with E-state index >= 15 is 0 Å². The van der Waals surface area contributed by atoms with E-state index in [9.17, 15) is 14.4 Å². The number of alkyl halides is 1. The predicted molar refractivity (Wildman–Crippen MR) is 97.5 cm³/mol. The number of ether oxygens (including phenoxy) is 3. The summed E-state index contributed by atoms with van der Waals surface area (Å²) in [6.45, 7) is 7.14. The highest BCUT2D eigenvalue weighted by atomic mass is 79.9. The summed E-state index contributed by atoms with van der Waals surface area (Å²) in [6.07, 6.45) is 1.27. The molecule has 0 aliphatic heterocycles. The Morgan fingerprint density at radius 2 is 1.60 bits per heavy atom. The normalized spacial score (nSPS) is 13.8. The van der Waals surface area contributed by atoms with E-state index in [1.807, 2.05) is 0 Å². The third-order valence-corrected chi connectivity index (χ3v) is 4.07. The van der Waals surface area contributed by atoms with Crippen molar-refractivity contribution in [3.05, 3.63) is 0 Å². The summed E-state index contributed by atoms with van der Waals surface area (Å²) in [5, 5.41) is 3.48. The number of methoxy groups -OCH3 is 2. The Morgan fingerprint density at radius 1 is 1.08 bits per heavy atom. The van der Waals surface area contributed by atoms with Crippen LogP contribution in [0.4, 0.5) is 4.79 Å². The zero-order valence-corrected chi connectivity index (χ0v) is 17.5. The lowest BCUT2D eigenvalue weighted by Gasteiger charge is -2.27. The highest BCUT2D eigenvalue weighted by Crippen LogP contribution is 2.26. The maximum atomic E-state index is 12.1. The van der Waals surface area contributed by atoms with Crippen molar-refractivity contribution in [2.24, 2.45) is 11.8 Å². The largest absolute Gasteiger partial charge is 0.468 e. The number of nitrogens with one attached hydrogen (secondary N) is 1. The molecule has 1 N–H and O–H groups in total. The highest BCUT2D eigenvalue weighted by Gasteiger charge is 2.37. The quantitative estimate of drug-likeness (QED) is 0.265. The molecule has 0 rings (SSSR count). The molecule has 0 spiro atoms. The standard InChI is InChI=1S/C17H30BrNO6/c1-11(19-16(22)25-17(2,3)4)10-12(8-7-9-18)13(14(20)23-5)15(21)24-6/h11-13H,7-10H2,1-6H3,(H,19,22). The second kappa shape index (κ2) is 11.3. The molecule has 7 nitrogen and oxygen atoms in total. The molecule has 0 fully saturated rings. The summed E-state index contributed by atoms with van der Waals surface area (Å²) < 4.78 is 14.8. The van der Waals surface area contributed by atoms with E-state index in [4.69, 9.17) is 14.2 Å². The summed E-state index contributed by atoms with van der Waals surface area (Å²) in [5.41, 5.74) is -0.597. The number of carbonyl (C=O) groups excluding carboxylic acids is 3. The number of rotatable bonds is 9. The number of esters is 2. The first-order valence-corrected chi connectivity index (χ1v) is 9.39. The molecule has 0 aromatic rings. The maximum Gasteiger partial charge on any atom is 0.407 e. The van der Waals surface area contributed by atoms with E-state index in [1.165, 1.54) is 14.2 Å². The van der Waals surface area contributed by atoms with Crippen LogP contribution >= 0.6 is 15.9 Å². The van der Waals surface area contributed by atoms with Gasteiger partial charge < -0.3 is 19.5 Å².